The number of carbonyl (C=O) groups is 2. The highest BCUT2D eigenvalue weighted by Gasteiger charge is 2.26. The van der Waals surface area contributed by atoms with E-state index in [-0.39, 0.29) is 18.2 Å². The van der Waals surface area contributed by atoms with E-state index in [4.69, 9.17) is 0 Å². The number of rotatable bonds is 10. The smallest absolute Gasteiger partial charge is 0.326 e. The molecule has 0 spiro atoms. The van der Waals surface area contributed by atoms with Crippen molar-refractivity contribution in [2.45, 2.75) is 55.4 Å². The Hall–Kier alpha value is -2.36. The van der Waals surface area contributed by atoms with Crippen molar-refractivity contribution in [2.24, 2.45) is 5.92 Å². The lowest BCUT2D eigenvalue weighted by Gasteiger charge is -2.25. The van der Waals surface area contributed by atoms with Gasteiger partial charge in [-0.1, -0.05) is 44.5 Å². The molecule has 1 saturated heterocycles. The number of aliphatic carboxylic acids is 1. The summed E-state index contributed by atoms with van der Waals surface area (Å²) in [5.74, 6) is -0.937. The van der Waals surface area contributed by atoms with E-state index >= 15 is 0 Å². The van der Waals surface area contributed by atoms with Gasteiger partial charge in [0.15, 0.2) is 0 Å². The molecular weight excluding hydrogens is 472 g/mol. The fraction of sp³-hybridized carbons (Fsp3) is 0.440. The first-order valence-electron chi connectivity index (χ1n) is 11.5. The molecule has 9 heteroatoms. The highest BCUT2D eigenvalue weighted by molar-refractivity contribution is 7.99. The van der Waals surface area contributed by atoms with Gasteiger partial charge in [0, 0.05) is 30.2 Å². The minimum Gasteiger partial charge on any atom is -0.480 e. The summed E-state index contributed by atoms with van der Waals surface area (Å²) >= 11 is 1.53. The van der Waals surface area contributed by atoms with E-state index in [9.17, 15) is 23.1 Å². The Morgan fingerprint density at radius 2 is 1.53 bits per heavy atom. The molecular formula is C25H32N2O5S2. The van der Waals surface area contributed by atoms with Gasteiger partial charge in [-0.2, -0.15) is 4.31 Å². The van der Waals surface area contributed by atoms with Crippen LogP contribution in [-0.2, 0) is 19.6 Å². The van der Waals surface area contributed by atoms with Gasteiger partial charge in [0.25, 0.3) is 0 Å². The van der Waals surface area contributed by atoms with Crippen molar-refractivity contribution in [2.75, 3.05) is 18.8 Å². The number of hydrogen-bond acceptors (Lipinski definition) is 5. The fourth-order valence-corrected chi connectivity index (χ4v) is 6.21. The number of carboxylic acid groups (broad SMARTS) is 1. The van der Waals surface area contributed by atoms with Crippen LogP contribution in [0.15, 0.2) is 58.3 Å². The van der Waals surface area contributed by atoms with Gasteiger partial charge in [-0.3, -0.25) is 4.79 Å². The molecule has 1 aliphatic heterocycles. The Labute approximate surface area is 206 Å². The standard InChI is InChI=1S/C25H32N2O5S2/c1-18(2)24(25(29)30)26-23(28)14-17-33-21-10-6-19(7-11-21)20-8-12-22(13-9-20)34(31,32)27-15-4-3-5-16-27/h6-13,18,24H,3-5,14-17H2,1-2H3,(H,26,28)(H,29,30)/t24-/m0/s1. The first kappa shape index (κ1) is 26.2. The second-order valence-corrected chi connectivity index (χ2v) is 11.8. The number of carboxylic acids is 1. The van der Waals surface area contributed by atoms with E-state index in [1.54, 1.807) is 30.3 Å². The number of hydrogen-bond donors (Lipinski definition) is 2. The lowest BCUT2D eigenvalue weighted by atomic mass is 10.0. The van der Waals surface area contributed by atoms with E-state index in [0.717, 1.165) is 35.3 Å². The molecule has 7 nitrogen and oxygen atoms in total. The summed E-state index contributed by atoms with van der Waals surface area (Å²) in [4.78, 5) is 24.6. The summed E-state index contributed by atoms with van der Waals surface area (Å²) < 4.78 is 27.2. The van der Waals surface area contributed by atoms with E-state index in [2.05, 4.69) is 5.32 Å². The first-order chi connectivity index (χ1) is 16.2. The fourth-order valence-electron chi connectivity index (χ4n) is 3.84. The number of amides is 1. The molecule has 0 unspecified atom stereocenters. The Bertz CT molecular complexity index is 1080. The number of thioether (sulfide) groups is 1. The van der Waals surface area contributed by atoms with Crippen LogP contribution in [0, 0.1) is 5.92 Å². The van der Waals surface area contributed by atoms with Gasteiger partial charge in [-0.05, 0) is 54.2 Å². The zero-order chi connectivity index (χ0) is 24.7. The summed E-state index contributed by atoms with van der Waals surface area (Å²) in [6.45, 7) is 4.69. The van der Waals surface area contributed by atoms with Crippen LogP contribution in [0.2, 0.25) is 0 Å². The lowest BCUT2D eigenvalue weighted by molar-refractivity contribution is -0.143. The van der Waals surface area contributed by atoms with Gasteiger partial charge in [0.2, 0.25) is 15.9 Å². The third-order valence-electron chi connectivity index (χ3n) is 5.84. The molecule has 0 radical (unpaired) electrons. The zero-order valence-electron chi connectivity index (χ0n) is 19.6. The Balaban J connectivity index is 1.54. The number of benzene rings is 2. The molecule has 0 aliphatic carbocycles. The van der Waals surface area contributed by atoms with Crippen molar-refractivity contribution in [3.8, 4) is 11.1 Å². The second-order valence-electron chi connectivity index (χ2n) is 8.74. The van der Waals surface area contributed by atoms with Gasteiger partial charge >= 0.3 is 5.97 Å². The average molecular weight is 505 g/mol. The zero-order valence-corrected chi connectivity index (χ0v) is 21.2. The number of nitrogens with zero attached hydrogens (tertiary/aromatic N) is 1. The maximum atomic E-state index is 12.8. The summed E-state index contributed by atoms with van der Waals surface area (Å²) in [6.07, 6.45) is 3.13. The Morgan fingerprint density at radius 1 is 0.971 bits per heavy atom. The minimum atomic E-state index is -3.44. The van der Waals surface area contributed by atoms with Gasteiger partial charge < -0.3 is 10.4 Å². The van der Waals surface area contributed by atoms with Crippen LogP contribution in [0.3, 0.4) is 0 Å². The minimum absolute atomic E-state index is 0.180. The molecule has 184 valence electrons. The quantitative estimate of drug-likeness (QED) is 0.469. The van der Waals surface area contributed by atoms with Crippen LogP contribution in [0.4, 0.5) is 0 Å². The van der Waals surface area contributed by atoms with Gasteiger partial charge in [0.05, 0.1) is 4.90 Å². The van der Waals surface area contributed by atoms with E-state index in [0.29, 0.717) is 23.7 Å². The van der Waals surface area contributed by atoms with Crippen molar-refractivity contribution in [1.29, 1.82) is 0 Å². The van der Waals surface area contributed by atoms with Crippen LogP contribution >= 0.6 is 11.8 Å². The monoisotopic (exact) mass is 504 g/mol. The average Bonchev–Trinajstić information content (AvgIpc) is 2.83. The molecule has 0 saturated carbocycles. The van der Waals surface area contributed by atoms with Gasteiger partial charge in [-0.15, -0.1) is 11.8 Å². The molecule has 2 aromatic carbocycles. The van der Waals surface area contributed by atoms with Crippen LogP contribution in [0.1, 0.15) is 39.5 Å². The van der Waals surface area contributed by atoms with Crippen molar-refractivity contribution >= 4 is 33.7 Å². The predicted octanol–water partition coefficient (Wildman–Crippen LogP) is 4.24. The van der Waals surface area contributed by atoms with Crippen LogP contribution in [0.5, 0.6) is 0 Å². The number of nitrogens with one attached hydrogen (secondary N) is 1. The maximum Gasteiger partial charge on any atom is 0.326 e. The molecule has 1 fully saturated rings. The second kappa shape index (κ2) is 11.9. The Kier molecular flexibility index (Phi) is 9.16. The molecule has 1 atom stereocenters. The molecule has 1 aliphatic rings. The van der Waals surface area contributed by atoms with Crippen LogP contribution in [-0.4, -0.2) is 54.6 Å². The number of carbonyl (C=O) groups excluding carboxylic acids is 1. The summed E-state index contributed by atoms with van der Waals surface area (Å²) in [5, 5.41) is 11.7. The van der Waals surface area contributed by atoms with Crippen molar-refractivity contribution in [1.82, 2.24) is 9.62 Å². The number of sulfonamides is 1. The van der Waals surface area contributed by atoms with Crippen LogP contribution < -0.4 is 5.32 Å². The maximum absolute atomic E-state index is 12.8. The van der Waals surface area contributed by atoms with Crippen molar-refractivity contribution < 1.29 is 23.1 Å². The SMILES string of the molecule is CC(C)[C@H](NC(=O)CCSc1ccc(-c2ccc(S(=O)(=O)N3CCCCC3)cc2)cc1)C(=O)O. The molecule has 1 heterocycles. The summed E-state index contributed by atoms with van der Waals surface area (Å²) in [5.41, 5.74) is 1.91. The summed E-state index contributed by atoms with van der Waals surface area (Å²) in [7, 11) is -3.44. The molecule has 34 heavy (non-hydrogen) atoms. The van der Waals surface area contributed by atoms with Gasteiger partial charge in [-0.25, -0.2) is 13.2 Å². The van der Waals surface area contributed by atoms with E-state index in [1.165, 1.54) is 11.8 Å². The highest BCUT2D eigenvalue weighted by atomic mass is 32.2. The predicted molar refractivity (Wildman–Crippen MR) is 134 cm³/mol. The number of piperidine rings is 1. The molecule has 2 N–H and O–H groups in total. The normalized spacial score (nSPS) is 15.7. The molecule has 0 bridgehead atoms. The van der Waals surface area contributed by atoms with Gasteiger partial charge in [0.1, 0.15) is 6.04 Å². The molecule has 0 aromatic heterocycles. The van der Waals surface area contributed by atoms with E-state index < -0.39 is 22.0 Å². The lowest BCUT2D eigenvalue weighted by Crippen LogP contribution is -2.44. The highest BCUT2D eigenvalue weighted by Crippen LogP contribution is 2.27. The Morgan fingerprint density at radius 3 is 2.06 bits per heavy atom. The van der Waals surface area contributed by atoms with Crippen LogP contribution in [0.25, 0.3) is 11.1 Å². The molecule has 1 amide bonds. The first-order valence-corrected chi connectivity index (χ1v) is 14.0. The third-order valence-corrected chi connectivity index (χ3v) is 8.77. The molecule has 2 aromatic rings. The van der Waals surface area contributed by atoms with Crippen molar-refractivity contribution in [3.05, 3.63) is 48.5 Å². The third kappa shape index (κ3) is 6.84. The summed E-state index contributed by atoms with van der Waals surface area (Å²) in [6, 6.07) is 14.0. The van der Waals surface area contributed by atoms with Crippen molar-refractivity contribution in [3.63, 3.8) is 0 Å². The topological polar surface area (TPSA) is 104 Å². The molecule has 3 rings (SSSR count). The van der Waals surface area contributed by atoms with E-state index in [1.807, 2.05) is 36.4 Å². The largest absolute Gasteiger partial charge is 0.480 e.